The third-order valence-corrected chi connectivity index (χ3v) is 5.84. The Morgan fingerprint density at radius 1 is 1.18 bits per heavy atom. The number of nitrogens with zero attached hydrogens (tertiary/aromatic N) is 3. The van der Waals surface area contributed by atoms with Crippen molar-refractivity contribution in [2.75, 3.05) is 11.9 Å². The van der Waals surface area contributed by atoms with Crippen LogP contribution in [0.5, 0.6) is 0 Å². The Morgan fingerprint density at radius 3 is 2.64 bits per heavy atom. The number of fused-ring (bicyclic) bond motifs is 2. The summed E-state index contributed by atoms with van der Waals surface area (Å²) in [6.45, 7) is 2.45. The SMILES string of the molecule is CC(=O)N1CCc2c(sc(NC(=O)c3ccc4nccnc4c3)c2C(N)=O)C1. The Kier molecular flexibility index (Phi) is 4.52. The van der Waals surface area contributed by atoms with Gasteiger partial charge in [-0.05, 0) is 30.2 Å². The molecule has 0 saturated heterocycles. The number of benzene rings is 1. The summed E-state index contributed by atoms with van der Waals surface area (Å²) in [5, 5.41) is 3.21. The van der Waals surface area contributed by atoms with E-state index in [2.05, 4.69) is 15.3 Å². The third-order valence-electron chi connectivity index (χ3n) is 4.71. The van der Waals surface area contributed by atoms with Gasteiger partial charge in [0.25, 0.3) is 11.8 Å². The predicted molar refractivity (Wildman–Crippen MR) is 105 cm³/mol. The first-order chi connectivity index (χ1) is 13.4. The molecule has 9 heteroatoms. The lowest BCUT2D eigenvalue weighted by atomic mass is 10.0. The highest BCUT2D eigenvalue weighted by Gasteiger charge is 2.28. The van der Waals surface area contributed by atoms with Crippen LogP contribution in [0.2, 0.25) is 0 Å². The van der Waals surface area contributed by atoms with E-state index in [9.17, 15) is 14.4 Å². The van der Waals surface area contributed by atoms with Gasteiger partial charge in [0.2, 0.25) is 5.91 Å². The van der Waals surface area contributed by atoms with Crippen molar-refractivity contribution >= 4 is 45.1 Å². The molecule has 3 heterocycles. The summed E-state index contributed by atoms with van der Waals surface area (Å²) < 4.78 is 0. The standard InChI is InChI=1S/C19H17N5O3S/c1-10(25)24-7-4-12-15(9-24)28-19(16(12)17(20)26)23-18(27)11-2-3-13-14(8-11)22-6-5-21-13/h2-3,5-6,8H,4,7,9H2,1H3,(H2,20,26)(H,23,27). The van der Waals surface area contributed by atoms with Crippen molar-refractivity contribution in [3.8, 4) is 0 Å². The molecule has 4 rings (SSSR count). The van der Waals surface area contributed by atoms with Crippen LogP contribution >= 0.6 is 11.3 Å². The molecule has 3 amide bonds. The summed E-state index contributed by atoms with van der Waals surface area (Å²) in [7, 11) is 0. The molecule has 0 bridgehead atoms. The van der Waals surface area contributed by atoms with Crippen molar-refractivity contribution in [3.05, 3.63) is 52.2 Å². The van der Waals surface area contributed by atoms with E-state index in [-0.39, 0.29) is 11.8 Å². The molecule has 1 aliphatic rings. The maximum atomic E-state index is 12.7. The normalized spacial score (nSPS) is 13.2. The van der Waals surface area contributed by atoms with Crippen molar-refractivity contribution in [3.63, 3.8) is 0 Å². The summed E-state index contributed by atoms with van der Waals surface area (Å²) in [5.74, 6) is -0.979. The van der Waals surface area contributed by atoms with E-state index in [0.717, 1.165) is 10.4 Å². The Labute approximate surface area is 164 Å². The van der Waals surface area contributed by atoms with Crippen LogP contribution in [-0.4, -0.2) is 39.1 Å². The van der Waals surface area contributed by atoms with Gasteiger partial charge < -0.3 is 16.0 Å². The molecule has 28 heavy (non-hydrogen) atoms. The number of thiophene rings is 1. The number of aromatic nitrogens is 2. The van der Waals surface area contributed by atoms with Crippen molar-refractivity contribution in [1.29, 1.82) is 0 Å². The Bertz CT molecular complexity index is 1120. The molecule has 3 N–H and O–H groups in total. The first-order valence-electron chi connectivity index (χ1n) is 8.66. The second kappa shape index (κ2) is 7.01. The average Bonchev–Trinajstić information content (AvgIpc) is 3.04. The molecular weight excluding hydrogens is 378 g/mol. The highest BCUT2D eigenvalue weighted by atomic mass is 32.1. The molecule has 0 atom stereocenters. The molecule has 0 saturated carbocycles. The van der Waals surface area contributed by atoms with Gasteiger partial charge in [-0.2, -0.15) is 0 Å². The number of carbonyl (C=O) groups is 3. The van der Waals surface area contributed by atoms with Crippen LogP contribution in [-0.2, 0) is 17.8 Å². The number of rotatable bonds is 3. The van der Waals surface area contributed by atoms with Gasteiger partial charge in [-0.1, -0.05) is 0 Å². The third kappa shape index (κ3) is 3.20. The zero-order valence-electron chi connectivity index (χ0n) is 15.1. The van der Waals surface area contributed by atoms with Gasteiger partial charge in [0.05, 0.1) is 23.1 Å². The van der Waals surface area contributed by atoms with E-state index in [1.165, 1.54) is 18.3 Å². The smallest absolute Gasteiger partial charge is 0.256 e. The fourth-order valence-corrected chi connectivity index (χ4v) is 4.56. The summed E-state index contributed by atoms with van der Waals surface area (Å²) >= 11 is 1.28. The molecule has 0 fully saturated rings. The zero-order chi connectivity index (χ0) is 19.8. The quantitative estimate of drug-likeness (QED) is 0.703. The molecular formula is C19H17N5O3S. The van der Waals surface area contributed by atoms with Crippen LogP contribution in [0.1, 0.15) is 38.1 Å². The van der Waals surface area contributed by atoms with Crippen LogP contribution in [0.4, 0.5) is 5.00 Å². The Balaban J connectivity index is 1.66. The van der Waals surface area contributed by atoms with Crippen LogP contribution in [0, 0.1) is 0 Å². The second-order valence-electron chi connectivity index (χ2n) is 6.48. The van der Waals surface area contributed by atoms with Crippen molar-refractivity contribution in [2.24, 2.45) is 5.73 Å². The topological polar surface area (TPSA) is 118 Å². The largest absolute Gasteiger partial charge is 0.365 e. The lowest BCUT2D eigenvalue weighted by Gasteiger charge is -2.25. The number of nitrogens with one attached hydrogen (secondary N) is 1. The monoisotopic (exact) mass is 395 g/mol. The zero-order valence-corrected chi connectivity index (χ0v) is 15.9. The minimum atomic E-state index is -0.589. The Morgan fingerprint density at radius 2 is 1.93 bits per heavy atom. The maximum absolute atomic E-state index is 12.7. The van der Waals surface area contributed by atoms with E-state index in [0.29, 0.717) is 46.7 Å². The molecule has 0 radical (unpaired) electrons. The van der Waals surface area contributed by atoms with E-state index in [4.69, 9.17) is 5.73 Å². The number of amides is 3. The second-order valence-corrected chi connectivity index (χ2v) is 7.58. The fraction of sp³-hybridized carbons (Fsp3) is 0.211. The Hall–Kier alpha value is -3.33. The van der Waals surface area contributed by atoms with Gasteiger partial charge in [-0.25, -0.2) is 0 Å². The van der Waals surface area contributed by atoms with Crippen molar-refractivity contribution in [2.45, 2.75) is 19.9 Å². The van der Waals surface area contributed by atoms with Gasteiger partial charge in [0, 0.05) is 36.3 Å². The number of hydrogen-bond donors (Lipinski definition) is 2. The van der Waals surface area contributed by atoms with E-state index in [1.807, 2.05) is 0 Å². The van der Waals surface area contributed by atoms with Crippen LogP contribution in [0.3, 0.4) is 0 Å². The minimum Gasteiger partial charge on any atom is -0.365 e. The molecule has 3 aromatic rings. The van der Waals surface area contributed by atoms with E-state index >= 15 is 0 Å². The number of carbonyl (C=O) groups excluding carboxylic acids is 3. The molecule has 0 unspecified atom stereocenters. The summed E-state index contributed by atoms with van der Waals surface area (Å²) in [4.78, 5) is 47.4. The number of nitrogens with two attached hydrogens (primary N) is 1. The van der Waals surface area contributed by atoms with E-state index < -0.39 is 5.91 Å². The van der Waals surface area contributed by atoms with Crippen LogP contribution < -0.4 is 11.1 Å². The fourth-order valence-electron chi connectivity index (χ4n) is 3.30. The van der Waals surface area contributed by atoms with E-state index in [1.54, 1.807) is 35.5 Å². The maximum Gasteiger partial charge on any atom is 0.256 e. The first-order valence-corrected chi connectivity index (χ1v) is 9.47. The lowest BCUT2D eigenvalue weighted by Crippen LogP contribution is -2.34. The van der Waals surface area contributed by atoms with Gasteiger partial charge in [0.15, 0.2) is 0 Å². The molecule has 142 valence electrons. The summed E-state index contributed by atoms with van der Waals surface area (Å²) in [6, 6.07) is 5.02. The molecule has 0 spiro atoms. The van der Waals surface area contributed by atoms with Gasteiger partial charge in [0.1, 0.15) is 5.00 Å². The summed E-state index contributed by atoms with van der Waals surface area (Å²) in [6.07, 6.45) is 3.68. The van der Waals surface area contributed by atoms with Crippen molar-refractivity contribution in [1.82, 2.24) is 14.9 Å². The van der Waals surface area contributed by atoms with Gasteiger partial charge in [-0.15, -0.1) is 11.3 Å². The first kappa shape index (κ1) is 18.1. The average molecular weight is 395 g/mol. The molecule has 2 aromatic heterocycles. The van der Waals surface area contributed by atoms with Crippen LogP contribution in [0.25, 0.3) is 11.0 Å². The molecule has 1 aromatic carbocycles. The molecule has 0 aliphatic carbocycles. The molecule has 1 aliphatic heterocycles. The number of primary amides is 1. The lowest BCUT2D eigenvalue weighted by molar-refractivity contribution is -0.129. The highest BCUT2D eigenvalue weighted by Crippen LogP contribution is 2.37. The van der Waals surface area contributed by atoms with Gasteiger partial charge >= 0.3 is 0 Å². The number of hydrogen-bond acceptors (Lipinski definition) is 6. The van der Waals surface area contributed by atoms with Crippen LogP contribution in [0.15, 0.2) is 30.6 Å². The highest BCUT2D eigenvalue weighted by molar-refractivity contribution is 7.17. The number of anilines is 1. The van der Waals surface area contributed by atoms with Crippen molar-refractivity contribution < 1.29 is 14.4 Å². The molecule has 8 nitrogen and oxygen atoms in total. The summed E-state index contributed by atoms with van der Waals surface area (Å²) in [5.41, 5.74) is 8.42. The minimum absolute atomic E-state index is 0.0254. The van der Waals surface area contributed by atoms with Gasteiger partial charge in [-0.3, -0.25) is 24.4 Å². The predicted octanol–water partition coefficient (Wildman–Crippen LogP) is 1.95.